The fourth-order valence-corrected chi connectivity index (χ4v) is 2.05. The van der Waals surface area contributed by atoms with Gasteiger partial charge in [-0.2, -0.15) is 0 Å². The Balaban J connectivity index is 1.85. The third-order valence-corrected chi connectivity index (χ3v) is 3.31. The first kappa shape index (κ1) is 15.2. The lowest BCUT2D eigenvalue weighted by Crippen LogP contribution is -2.25. The summed E-state index contributed by atoms with van der Waals surface area (Å²) in [5, 5.41) is 12.7. The van der Waals surface area contributed by atoms with E-state index >= 15 is 0 Å². The molecule has 2 aromatic carbocycles. The first-order valence-electron chi connectivity index (χ1n) is 6.85. The third kappa shape index (κ3) is 4.13. The average molecular weight is 287 g/mol. The number of aryl methyl sites for hydroxylation is 1. The molecule has 0 bridgehead atoms. The summed E-state index contributed by atoms with van der Waals surface area (Å²) >= 11 is 0. The second kappa shape index (κ2) is 6.99. The average Bonchev–Trinajstić information content (AvgIpc) is 2.50. The van der Waals surface area contributed by atoms with E-state index in [2.05, 4.69) is 5.32 Å². The van der Waals surface area contributed by atoms with Crippen molar-refractivity contribution in [1.82, 2.24) is 5.32 Å². The Labute approximate surface area is 123 Å². The smallest absolute Gasteiger partial charge is 0.251 e. The van der Waals surface area contributed by atoms with E-state index in [9.17, 15) is 14.3 Å². The van der Waals surface area contributed by atoms with Gasteiger partial charge in [0.2, 0.25) is 0 Å². The van der Waals surface area contributed by atoms with E-state index < -0.39 is 6.10 Å². The van der Waals surface area contributed by atoms with Crippen LogP contribution in [-0.4, -0.2) is 17.6 Å². The number of hydrogen-bond donors (Lipinski definition) is 2. The number of halogens is 1. The van der Waals surface area contributed by atoms with Gasteiger partial charge in [-0.25, -0.2) is 4.39 Å². The number of benzene rings is 2. The second-order valence-electron chi connectivity index (χ2n) is 4.94. The lowest BCUT2D eigenvalue weighted by Gasteiger charge is -2.11. The number of carbonyl (C=O) groups excluding carboxylic acids is 1. The summed E-state index contributed by atoms with van der Waals surface area (Å²) in [6, 6.07) is 13.5. The largest absolute Gasteiger partial charge is 0.388 e. The van der Waals surface area contributed by atoms with Gasteiger partial charge in [-0.05, 0) is 42.7 Å². The minimum atomic E-state index is -0.610. The third-order valence-electron chi connectivity index (χ3n) is 3.31. The van der Waals surface area contributed by atoms with Gasteiger partial charge in [0.15, 0.2) is 0 Å². The second-order valence-corrected chi connectivity index (χ2v) is 4.94. The molecule has 0 aliphatic heterocycles. The minimum absolute atomic E-state index is 0.265. The zero-order valence-electron chi connectivity index (χ0n) is 11.8. The van der Waals surface area contributed by atoms with E-state index in [-0.39, 0.29) is 11.7 Å². The maximum Gasteiger partial charge on any atom is 0.251 e. The summed E-state index contributed by atoms with van der Waals surface area (Å²) in [5.74, 6) is -0.593. The molecule has 2 N–H and O–H groups in total. The summed E-state index contributed by atoms with van der Waals surface area (Å²) in [4.78, 5) is 11.9. The van der Waals surface area contributed by atoms with Crippen LogP contribution in [-0.2, 0) is 0 Å². The normalized spacial score (nSPS) is 12.0. The van der Waals surface area contributed by atoms with Gasteiger partial charge in [0.1, 0.15) is 5.82 Å². The molecule has 0 aromatic heterocycles. The predicted octanol–water partition coefficient (Wildman–Crippen LogP) is 2.99. The van der Waals surface area contributed by atoms with Crippen LogP contribution < -0.4 is 5.32 Å². The molecule has 0 heterocycles. The molecule has 110 valence electrons. The van der Waals surface area contributed by atoms with Crippen molar-refractivity contribution in [3.05, 3.63) is 71.0 Å². The van der Waals surface area contributed by atoms with E-state index in [1.165, 1.54) is 18.2 Å². The van der Waals surface area contributed by atoms with Crippen LogP contribution in [0.25, 0.3) is 0 Å². The van der Waals surface area contributed by atoms with Crippen molar-refractivity contribution in [2.75, 3.05) is 6.54 Å². The van der Waals surface area contributed by atoms with Crippen molar-refractivity contribution < 1.29 is 14.3 Å². The molecule has 0 aliphatic carbocycles. The molecule has 1 amide bonds. The first-order chi connectivity index (χ1) is 10.1. The maximum atomic E-state index is 13.1. The molecule has 0 spiro atoms. The molecule has 0 fully saturated rings. The van der Waals surface area contributed by atoms with Crippen LogP contribution in [0.3, 0.4) is 0 Å². The SMILES string of the molecule is Cc1cc(C(=O)NCCC(O)c2ccccc2)ccc1F. The van der Waals surface area contributed by atoms with Gasteiger partial charge < -0.3 is 10.4 Å². The van der Waals surface area contributed by atoms with Crippen LogP contribution in [0.4, 0.5) is 4.39 Å². The van der Waals surface area contributed by atoms with Gasteiger partial charge in [-0.1, -0.05) is 30.3 Å². The Morgan fingerprint density at radius 2 is 1.95 bits per heavy atom. The van der Waals surface area contributed by atoms with Crippen molar-refractivity contribution in [2.24, 2.45) is 0 Å². The summed E-state index contributed by atoms with van der Waals surface area (Å²) in [7, 11) is 0. The van der Waals surface area contributed by atoms with Gasteiger partial charge in [-0.15, -0.1) is 0 Å². The molecule has 2 rings (SSSR count). The standard InChI is InChI=1S/C17H18FNO2/c1-12-11-14(7-8-15(12)18)17(21)19-10-9-16(20)13-5-3-2-4-6-13/h2-8,11,16,20H,9-10H2,1H3,(H,19,21). The Hall–Kier alpha value is -2.20. The number of hydrogen-bond acceptors (Lipinski definition) is 2. The van der Waals surface area contributed by atoms with Crippen molar-refractivity contribution in [2.45, 2.75) is 19.4 Å². The molecule has 3 nitrogen and oxygen atoms in total. The minimum Gasteiger partial charge on any atom is -0.388 e. The highest BCUT2D eigenvalue weighted by Crippen LogP contribution is 2.15. The Bertz CT molecular complexity index is 613. The molecule has 1 unspecified atom stereocenters. The number of aliphatic hydroxyl groups excluding tert-OH is 1. The van der Waals surface area contributed by atoms with Gasteiger partial charge in [-0.3, -0.25) is 4.79 Å². The molecule has 0 saturated heterocycles. The lowest BCUT2D eigenvalue weighted by atomic mass is 10.1. The Morgan fingerprint density at radius 3 is 2.62 bits per heavy atom. The topological polar surface area (TPSA) is 49.3 Å². The summed E-state index contributed by atoms with van der Waals surface area (Å²) in [5.41, 5.74) is 1.68. The Kier molecular flexibility index (Phi) is 5.06. The van der Waals surface area contributed by atoms with Crippen LogP contribution in [0, 0.1) is 12.7 Å². The van der Waals surface area contributed by atoms with Gasteiger partial charge in [0, 0.05) is 12.1 Å². The number of rotatable bonds is 5. The van der Waals surface area contributed by atoms with Gasteiger partial charge in [0.25, 0.3) is 5.91 Å². The summed E-state index contributed by atoms with van der Waals surface area (Å²) in [6.45, 7) is 1.97. The molecule has 0 aliphatic rings. The fourth-order valence-electron chi connectivity index (χ4n) is 2.05. The first-order valence-corrected chi connectivity index (χ1v) is 6.85. The van der Waals surface area contributed by atoms with Gasteiger partial charge >= 0.3 is 0 Å². The van der Waals surface area contributed by atoms with Crippen molar-refractivity contribution >= 4 is 5.91 Å². The highest BCUT2D eigenvalue weighted by atomic mass is 19.1. The van der Waals surface area contributed by atoms with Crippen molar-refractivity contribution in [1.29, 1.82) is 0 Å². The molecule has 4 heteroatoms. The quantitative estimate of drug-likeness (QED) is 0.888. The van der Waals surface area contributed by atoms with Crippen molar-refractivity contribution in [3.63, 3.8) is 0 Å². The van der Waals surface area contributed by atoms with E-state index in [0.29, 0.717) is 24.1 Å². The Morgan fingerprint density at radius 1 is 1.24 bits per heavy atom. The summed E-state index contributed by atoms with van der Waals surface area (Å²) in [6.07, 6.45) is -0.183. The fraction of sp³-hybridized carbons (Fsp3) is 0.235. The molecule has 21 heavy (non-hydrogen) atoms. The zero-order valence-corrected chi connectivity index (χ0v) is 11.8. The lowest BCUT2D eigenvalue weighted by molar-refractivity contribution is 0.0942. The van der Waals surface area contributed by atoms with Gasteiger partial charge in [0.05, 0.1) is 6.10 Å². The highest BCUT2D eigenvalue weighted by molar-refractivity contribution is 5.94. The molecule has 0 saturated carbocycles. The van der Waals surface area contributed by atoms with Crippen LogP contribution in [0.2, 0.25) is 0 Å². The van der Waals surface area contributed by atoms with E-state index in [1.54, 1.807) is 6.92 Å². The van der Waals surface area contributed by atoms with Crippen molar-refractivity contribution in [3.8, 4) is 0 Å². The molecule has 1 atom stereocenters. The molecular weight excluding hydrogens is 269 g/mol. The van der Waals surface area contributed by atoms with Crippen LogP contribution in [0.15, 0.2) is 48.5 Å². The highest BCUT2D eigenvalue weighted by Gasteiger charge is 2.10. The van der Waals surface area contributed by atoms with E-state index in [4.69, 9.17) is 0 Å². The number of aliphatic hydroxyl groups is 1. The molecule has 2 aromatic rings. The van der Waals surface area contributed by atoms with E-state index in [0.717, 1.165) is 5.56 Å². The molecule has 0 radical (unpaired) electrons. The number of carbonyl (C=O) groups is 1. The van der Waals surface area contributed by atoms with Crippen LogP contribution in [0.5, 0.6) is 0 Å². The predicted molar refractivity (Wildman–Crippen MR) is 79.5 cm³/mol. The number of amides is 1. The number of nitrogens with one attached hydrogen (secondary N) is 1. The van der Waals surface area contributed by atoms with Crippen LogP contribution in [0.1, 0.15) is 34.0 Å². The zero-order chi connectivity index (χ0) is 15.2. The monoisotopic (exact) mass is 287 g/mol. The maximum absolute atomic E-state index is 13.1. The summed E-state index contributed by atoms with van der Waals surface area (Å²) < 4.78 is 13.1. The molecular formula is C17H18FNO2. The van der Waals surface area contributed by atoms with Crippen LogP contribution >= 0.6 is 0 Å². The van der Waals surface area contributed by atoms with E-state index in [1.807, 2.05) is 30.3 Å².